The first-order valence-corrected chi connectivity index (χ1v) is 16.4. The summed E-state index contributed by atoms with van der Waals surface area (Å²) in [7, 11) is 8.91. The van der Waals surface area contributed by atoms with Crippen LogP contribution >= 0.6 is 0 Å². The zero-order chi connectivity index (χ0) is 37.0. The number of amidine groups is 3. The third-order valence-electron chi connectivity index (χ3n) is 7.62. The number of methoxy groups -OCH3 is 3. The van der Waals surface area contributed by atoms with E-state index < -0.39 is 6.09 Å². The Morgan fingerprint density at radius 1 is 0.588 bits per heavy atom. The van der Waals surface area contributed by atoms with Gasteiger partial charge in [0, 0.05) is 77.3 Å². The zero-order valence-electron chi connectivity index (χ0n) is 30.2. The van der Waals surface area contributed by atoms with Gasteiger partial charge in [-0.25, -0.2) is 9.73 Å². The number of ether oxygens (including phenoxy) is 3. The van der Waals surface area contributed by atoms with Crippen molar-refractivity contribution in [3.63, 3.8) is 0 Å². The molecule has 0 saturated carbocycles. The minimum Gasteiger partial charge on any atom is -0.383 e. The quantitative estimate of drug-likeness (QED) is 0.0640. The molecule has 0 saturated heterocycles. The number of amides is 1. The summed E-state index contributed by atoms with van der Waals surface area (Å²) < 4.78 is 15.5. The molecule has 0 heterocycles. The maximum absolute atomic E-state index is 13.1. The van der Waals surface area contributed by atoms with Crippen molar-refractivity contribution >= 4 is 23.6 Å². The van der Waals surface area contributed by atoms with Crippen LogP contribution in [0.15, 0.2) is 88.3 Å². The number of carbonyl (C=O) groups excluding carboxylic acids is 1. The highest BCUT2D eigenvalue weighted by Crippen LogP contribution is 2.13. The van der Waals surface area contributed by atoms with Gasteiger partial charge in [0.15, 0.2) is 17.5 Å². The lowest BCUT2D eigenvalue weighted by Crippen LogP contribution is -2.33. The lowest BCUT2D eigenvalue weighted by Gasteiger charge is -2.20. The van der Waals surface area contributed by atoms with Gasteiger partial charge < -0.3 is 31.4 Å². The summed E-state index contributed by atoms with van der Waals surface area (Å²) in [6, 6.07) is 22.4. The molecule has 1 amide bonds. The van der Waals surface area contributed by atoms with Crippen LogP contribution in [-0.2, 0) is 43.6 Å². The molecule has 276 valence electrons. The maximum Gasteiger partial charge on any atom is 0.436 e. The molecule has 0 radical (unpaired) electrons. The molecular formula is C36H51N9O6. The van der Waals surface area contributed by atoms with Crippen molar-refractivity contribution in [3.05, 3.63) is 106 Å². The van der Waals surface area contributed by atoms with Crippen LogP contribution in [-0.4, -0.2) is 113 Å². The van der Waals surface area contributed by atoms with E-state index in [1.165, 1.54) is 4.90 Å². The average molecular weight is 706 g/mol. The molecule has 0 aliphatic carbocycles. The Hall–Kier alpha value is -5.06. The van der Waals surface area contributed by atoms with Gasteiger partial charge in [-0.2, -0.15) is 0 Å². The number of oxime groups is 3. The molecule has 15 heteroatoms. The van der Waals surface area contributed by atoms with Gasteiger partial charge >= 0.3 is 6.09 Å². The zero-order valence-corrected chi connectivity index (χ0v) is 30.2. The second kappa shape index (κ2) is 21.9. The Labute approximate surface area is 300 Å². The number of nitrogens with zero attached hydrogens (tertiary/aromatic N) is 6. The SMILES string of the molecule is COCCN(C)Cc1cccc(C(N)=NO/N=C(\N)c2cccc(CN(CCOC)C(=O)ON=C(N)c3cccc(CN(C)CCOC)c3)c2)c1. The van der Waals surface area contributed by atoms with Crippen molar-refractivity contribution in [2.75, 3.05) is 74.9 Å². The summed E-state index contributed by atoms with van der Waals surface area (Å²) in [5.74, 6) is 0.289. The molecule has 0 aliphatic heterocycles. The lowest BCUT2D eigenvalue weighted by atomic mass is 10.1. The van der Waals surface area contributed by atoms with Gasteiger partial charge in [0.05, 0.1) is 19.8 Å². The fourth-order valence-electron chi connectivity index (χ4n) is 4.83. The Morgan fingerprint density at radius 3 is 1.41 bits per heavy atom. The van der Waals surface area contributed by atoms with E-state index in [1.807, 2.05) is 62.6 Å². The number of nitrogens with two attached hydrogens (primary N) is 3. The standard InChI is InChI=1S/C36H51N9O6/c1-43(15-18-47-3)24-27-9-6-12-30(21-27)33(37)40-50-36(46)45(17-20-49-5)26-29-11-8-14-32(23-29)35(39)42-51-41-34(38)31-13-7-10-28(22-31)25-44(2)16-19-48-4/h6-14,21-23H,15-20,24-26H2,1-5H3,(H2,37,40)(H2,38,41)(H2,39,42). The van der Waals surface area contributed by atoms with Crippen molar-refractivity contribution < 1.29 is 28.8 Å². The molecule has 0 atom stereocenters. The monoisotopic (exact) mass is 705 g/mol. The number of benzene rings is 3. The van der Waals surface area contributed by atoms with E-state index in [-0.39, 0.29) is 37.2 Å². The van der Waals surface area contributed by atoms with E-state index in [1.54, 1.807) is 45.6 Å². The van der Waals surface area contributed by atoms with Crippen LogP contribution < -0.4 is 17.2 Å². The molecule has 51 heavy (non-hydrogen) atoms. The highest BCUT2D eigenvalue weighted by molar-refractivity contribution is 5.98. The Kier molecular flexibility index (Phi) is 17.3. The molecule has 0 unspecified atom stereocenters. The predicted octanol–water partition coefficient (Wildman–Crippen LogP) is 2.71. The van der Waals surface area contributed by atoms with E-state index >= 15 is 0 Å². The summed E-state index contributed by atoms with van der Waals surface area (Å²) in [5.41, 5.74) is 23.3. The molecule has 0 aromatic heterocycles. The van der Waals surface area contributed by atoms with Crippen molar-refractivity contribution in [3.8, 4) is 0 Å². The fourth-order valence-corrected chi connectivity index (χ4v) is 4.83. The van der Waals surface area contributed by atoms with Crippen LogP contribution in [0.4, 0.5) is 4.79 Å². The van der Waals surface area contributed by atoms with Crippen LogP contribution in [0.3, 0.4) is 0 Å². The van der Waals surface area contributed by atoms with Crippen molar-refractivity contribution in [2.45, 2.75) is 19.6 Å². The van der Waals surface area contributed by atoms with Crippen LogP contribution in [0.5, 0.6) is 0 Å². The Bertz CT molecular complexity index is 1620. The molecule has 3 rings (SSSR count). The molecule has 15 nitrogen and oxygen atoms in total. The second-order valence-electron chi connectivity index (χ2n) is 11.8. The fraction of sp³-hybridized carbons (Fsp3) is 0.389. The largest absolute Gasteiger partial charge is 0.436 e. The summed E-state index contributed by atoms with van der Waals surface area (Å²) >= 11 is 0. The van der Waals surface area contributed by atoms with Crippen LogP contribution in [0, 0.1) is 0 Å². The van der Waals surface area contributed by atoms with Gasteiger partial charge in [0.1, 0.15) is 0 Å². The van der Waals surface area contributed by atoms with Crippen LogP contribution in [0.1, 0.15) is 33.4 Å². The van der Waals surface area contributed by atoms with Crippen molar-refractivity contribution in [2.24, 2.45) is 32.7 Å². The minimum absolute atomic E-state index is 0.0671. The van der Waals surface area contributed by atoms with Gasteiger partial charge in [-0.1, -0.05) is 59.8 Å². The third-order valence-corrected chi connectivity index (χ3v) is 7.62. The Balaban J connectivity index is 1.64. The summed E-state index contributed by atoms with van der Waals surface area (Å²) in [4.78, 5) is 29.2. The van der Waals surface area contributed by atoms with Gasteiger partial charge in [-0.05, 0) is 59.3 Å². The minimum atomic E-state index is -0.698. The average Bonchev–Trinajstić information content (AvgIpc) is 3.13. The van der Waals surface area contributed by atoms with E-state index in [0.29, 0.717) is 36.4 Å². The maximum atomic E-state index is 13.1. The number of hydrogen-bond donors (Lipinski definition) is 3. The smallest absolute Gasteiger partial charge is 0.383 e. The lowest BCUT2D eigenvalue weighted by molar-refractivity contribution is 0.0868. The van der Waals surface area contributed by atoms with Gasteiger partial charge in [-0.3, -0.25) is 19.5 Å². The number of hydrogen-bond acceptors (Lipinski definition) is 11. The van der Waals surface area contributed by atoms with Crippen LogP contribution in [0.2, 0.25) is 0 Å². The van der Waals surface area contributed by atoms with E-state index in [4.69, 9.17) is 41.2 Å². The molecule has 0 spiro atoms. The summed E-state index contributed by atoms with van der Waals surface area (Å²) in [6.07, 6.45) is -0.698. The van der Waals surface area contributed by atoms with E-state index in [2.05, 4.69) is 25.3 Å². The molecule has 6 N–H and O–H groups in total. The molecule has 0 bridgehead atoms. The highest BCUT2D eigenvalue weighted by atomic mass is 16.8. The van der Waals surface area contributed by atoms with E-state index in [0.717, 1.165) is 36.3 Å². The Morgan fingerprint density at radius 2 is 0.980 bits per heavy atom. The summed E-state index contributed by atoms with van der Waals surface area (Å²) in [6.45, 7) is 4.95. The highest BCUT2D eigenvalue weighted by Gasteiger charge is 2.17. The molecule has 3 aromatic carbocycles. The molecule has 0 fully saturated rings. The van der Waals surface area contributed by atoms with Crippen LogP contribution in [0.25, 0.3) is 0 Å². The molecule has 0 aliphatic rings. The van der Waals surface area contributed by atoms with Gasteiger partial charge in [-0.15, -0.1) is 0 Å². The number of likely N-dealkylation sites (N-methyl/N-ethyl adjacent to an activating group) is 2. The summed E-state index contributed by atoms with van der Waals surface area (Å²) in [5, 5.41) is 11.8. The van der Waals surface area contributed by atoms with E-state index in [9.17, 15) is 4.79 Å². The third kappa shape index (κ3) is 14.4. The predicted molar refractivity (Wildman–Crippen MR) is 198 cm³/mol. The molecular weight excluding hydrogens is 654 g/mol. The molecule has 3 aromatic rings. The number of carbonyl (C=O) groups is 1. The van der Waals surface area contributed by atoms with Gasteiger partial charge in [0.25, 0.3) is 0 Å². The first-order valence-electron chi connectivity index (χ1n) is 16.4. The van der Waals surface area contributed by atoms with Crippen molar-refractivity contribution in [1.82, 2.24) is 14.7 Å². The first kappa shape index (κ1) is 40.4. The normalized spacial score (nSPS) is 12.4. The topological polar surface area (TPSA) is 188 Å². The second-order valence-corrected chi connectivity index (χ2v) is 11.8. The van der Waals surface area contributed by atoms with Crippen molar-refractivity contribution in [1.29, 1.82) is 0 Å². The van der Waals surface area contributed by atoms with Gasteiger partial charge in [0.2, 0.25) is 0 Å². The number of rotatable bonds is 21. The first-order chi connectivity index (χ1) is 24.6.